The number of H-pyrrole nitrogens is 1. The quantitative estimate of drug-likeness (QED) is 0.235. The largest absolute Gasteiger partial charge is 0.492 e. The summed E-state index contributed by atoms with van der Waals surface area (Å²) in [6.07, 6.45) is 1.86. The summed E-state index contributed by atoms with van der Waals surface area (Å²) in [5, 5.41) is 6.90. The Morgan fingerprint density at radius 2 is 1.82 bits per heavy atom. The van der Waals surface area contributed by atoms with E-state index in [1.165, 1.54) is 34.1 Å². The lowest BCUT2D eigenvalue weighted by Gasteiger charge is -2.35. The number of piperazine rings is 1. The van der Waals surface area contributed by atoms with Crippen LogP contribution in [0.1, 0.15) is 30.9 Å². The van der Waals surface area contributed by atoms with Crippen LogP contribution in [-0.2, 0) is 16.1 Å². The van der Waals surface area contributed by atoms with Crippen molar-refractivity contribution in [2.75, 3.05) is 50.6 Å². The van der Waals surface area contributed by atoms with Gasteiger partial charge in [-0.2, -0.15) is 0 Å². The smallest absolute Gasteiger partial charge is 0.318 e. The van der Waals surface area contributed by atoms with Crippen LogP contribution in [0.4, 0.5) is 20.6 Å². The van der Waals surface area contributed by atoms with E-state index in [4.69, 9.17) is 4.74 Å². The topological polar surface area (TPSA) is 110 Å². The molecule has 0 saturated carbocycles. The Morgan fingerprint density at radius 3 is 2.53 bits per heavy atom. The van der Waals surface area contributed by atoms with Gasteiger partial charge in [-0.25, -0.2) is 9.18 Å². The summed E-state index contributed by atoms with van der Waals surface area (Å²) < 4.78 is 19.2. The number of benzene rings is 3. The molecule has 1 aliphatic heterocycles. The second kappa shape index (κ2) is 13.8. The number of ether oxygens (including phenoxy) is 1. The Bertz CT molecular complexity index is 1670. The third-order valence-corrected chi connectivity index (χ3v) is 7.92. The van der Waals surface area contributed by atoms with Crippen molar-refractivity contribution >= 4 is 40.1 Å². The highest BCUT2D eigenvalue weighted by Gasteiger charge is 2.34. The third kappa shape index (κ3) is 7.26. The first-order valence-corrected chi connectivity index (χ1v) is 15.0. The van der Waals surface area contributed by atoms with E-state index in [2.05, 4.69) is 15.6 Å². The van der Waals surface area contributed by atoms with Gasteiger partial charge in [-0.1, -0.05) is 31.2 Å². The standard InChI is InChI=1S/C34H39FN6O4/c1-5-45-30-15-10-23(20-39(3)4)18-29(30)37-33(43)32(22(2)27-19-36-28-9-7-6-8-26(27)28)38-34(44)40-16-17-41(31(42)21-40)25-13-11-24(35)12-14-25/h6-15,18-19,22,32,36H,5,16-17,20-21H2,1-4H3,(H,37,43)(H,38,44)/t22-,32-/m1/s1. The van der Waals surface area contributed by atoms with Crippen LogP contribution < -0.4 is 20.3 Å². The van der Waals surface area contributed by atoms with E-state index in [0.29, 0.717) is 30.3 Å². The summed E-state index contributed by atoms with van der Waals surface area (Å²) in [5.74, 6) is -1.02. The minimum Gasteiger partial charge on any atom is -0.492 e. The molecular formula is C34H39FN6O4. The first-order chi connectivity index (χ1) is 21.6. The number of para-hydroxylation sites is 1. The van der Waals surface area contributed by atoms with Gasteiger partial charge in [0.15, 0.2) is 0 Å². The molecule has 4 amide bonds. The lowest BCUT2D eigenvalue weighted by molar-refractivity contribution is -0.120. The van der Waals surface area contributed by atoms with Gasteiger partial charge in [-0.05, 0) is 74.6 Å². The van der Waals surface area contributed by atoms with Crippen LogP contribution >= 0.6 is 0 Å². The number of hydrogen-bond acceptors (Lipinski definition) is 5. The number of anilines is 2. The van der Waals surface area contributed by atoms with Crippen molar-refractivity contribution in [1.82, 2.24) is 20.1 Å². The molecule has 1 aromatic heterocycles. The summed E-state index contributed by atoms with van der Waals surface area (Å²) >= 11 is 0. The number of hydrogen-bond donors (Lipinski definition) is 3. The molecule has 3 aromatic carbocycles. The van der Waals surface area contributed by atoms with Crippen LogP contribution in [0, 0.1) is 5.82 Å². The summed E-state index contributed by atoms with van der Waals surface area (Å²) in [6, 6.07) is 17.6. The maximum Gasteiger partial charge on any atom is 0.318 e. The van der Waals surface area contributed by atoms with Crippen molar-refractivity contribution in [3.05, 3.63) is 89.9 Å². The predicted octanol–water partition coefficient (Wildman–Crippen LogP) is 4.94. The van der Waals surface area contributed by atoms with Crippen LogP contribution in [0.3, 0.4) is 0 Å². The SMILES string of the molecule is CCOc1ccc(CN(C)C)cc1NC(=O)[C@H](NC(=O)N1CCN(c2ccc(F)cc2)C(=O)C1)[C@H](C)c1c[nH]c2ccccc12. The number of rotatable bonds is 10. The van der Waals surface area contributed by atoms with E-state index < -0.39 is 29.7 Å². The maximum absolute atomic E-state index is 14.1. The van der Waals surface area contributed by atoms with Crippen LogP contribution in [0.25, 0.3) is 10.9 Å². The number of nitrogens with one attached hydrogen (secondary N) is 3. The molecule has 3 N–H and O–H groups in total. The fourth-order valence-corrected chi connectivity index (χ4v) is 5.66. The van der Waals surface area contributed by atoms with Crippen molar-refractivity contribution in [2.24, 2.45) is 0 Å². The lowest BCUT2D eigenvalue weighted by atomic mass is 9.92. The fraction of sp³-hybridized carbons (Fsp3) is 0.324. The number of urea groups is 1. The van der Waals surface area contributed by atoms with Gasteiger partial charge in [0.05, 0.1) is 12.3 Å². The Labute approximate surface area is 262 Å². The van der Waals surface area contributed by atoms with Crippen molar-refractivity contribution in [3.63, 3.8) is 0 Å². The summed E-state index contributed by atoms with van der Waals surface area (Å²) in [6.45, 7) is 5.15. The minimum atomic E-state index is -0.992. The molecule has 2 heterocycles. The van der Waals surface area contributed by atoms with Gasteiger partial charge < -0.3 is 35.1 Å². The second-order valence-corrected chi connectivity index (χ2v) is 11.4. The Hall–Kier alpha value is -4.90. The number of amides is 4. The van der Waals surface area contributed by atoms with E-state index in [9.17, 15) is 18.8 Å². The van der Waals surface area contributed by atoms with Gasteiger partial charge in [-0.15, -0.1) is 0 Å². The number of carbonyl (C=O) groups is 3. The van der Waals surface area contributed by atoms with E-state index in [-0.39, 0.29) is 25.5 Å². The fourth-order valence-electron chi connectivity index (χ4n) is 5.66. The van der Waals surface area contributed by atoms with Gasteiger partial charge in [0, 0.05) is 48.3 Å². The Kier molecular flexibility index (Phi) is 9.68. The monoisotopic (exact) mass is 614 g/mol. The van der Waals surface area contributed by atoms with Crippen molar-refractivity contribution in [1.29, 1.82) is 0 Å². The van der Waals surface area contributed by atoms with Gasteiger partial charge >= 0.3 is 6.03 Å². The maximum atomic E-state index is 14.1. The molecule has 45 heavy (non-hydrogen) atoms. The van der Waals surface area contributed by atoms with Crippen molar-refractivity contribution in [2.45, 2.75) is 32.4 Å². The number of nitrogens with zero attached hydrogens (tertiary/aromatic N) is 3. The zero-order valence-corrected chi connectivity index (χ0v) is 26.0. The molecule has 4 aromatic rings. The molecule has 1 fully saturated rings. The van der Waals surface area contributed by atoms with E-state index in [1.807, 2.05) is 81.5 Å². The number of aromatic nitrogens is 1. The normalized spacial score (nSPS) is 14.8. The zero-order chi connectivity index (χ0) is 32.1. The van der Waals surface area contributed by atoms with E-state index in [1.54, 1.807) is 0 Å². The minimum absolute atomic E-state index is 0.180. The average Bonchev–Trinajstić information content (AvgIpc) is 3.45. The summed E-state index contributed by atoms with van der Waals surface area (Å²) in [4.78, 5) is 49.0. The molecule has 0 aliphatic carbocycles. The zero-order valence-electron chi connectivity index (χ0n) is 26.0. The molecule has 10 nitrogen and oxygen atoms in total. The first kappa shape index (κ1) is 31.5. The van der Waals surface area contributed by atoms with E-state index in [0.717, 1.165) is 22.0 Å². The number of carbonyl (C=O) groups excluding carboxylic acids is 3. The number of aromatic amines is 1. The van der Waals surface area contributed by atoms with Crippen LogP contribution in [-0.4, -0.2) is 79.0 Å². The van der Waals surface area contributed by atoms with Gasteiger partial charge in [-0.3, -0.25) is 9.59 Å². The molecule has 2 atom stereocenters. The van der Waals surface area contributed by atoms with Crippen molar-refractivity contribution < 1.29 is 23.5 Å². The molecule has 236 valence electrons. The Balaban J connectivity index is 1.40. The third-order valence-electron chi connectivity index (χ3n) is 7.92. The molecule has 5 rings (SSSR count). The molecule has 1 saturated heterocycles. The molecular weight excluding hydrogens is 575 g/mol. The average molecular weight is 615 g/mol. The van der Waals surface area contributed by atoms with Crippen LogP contribution in [0.5, 0.6) is 5.75 Å². The van der Waals surface area contributed by atoms with Crippen molar-refractivity contribution in [3.8, 4) is 5.75 Å². The molecule has 0 spiro atoms. The lowest BCUT2D eigenvalue weighted by Crippen LogP contribution is -2.58. The highest BCUT2D eigenvalue weighted by Crippen LogP contribution is 2.31. The molecule has 1 aliphatic rings. The summed E-state index contributed by atoms with van der Waals surface area (Å²) in [5.41, 5.74) is 3.85. The first-order valence-electron chi connectivity index (χ1n) is 15.0. The molecule has 0 radical (unpaired) electrons. The molecule has 0 unspecified atom stereocenters. The Morgan fingerprint density at radius 1 is 1.07 bits per heavy atom. The molecule has 11 heteroatoms. The van der Waals surface area contributed by atoms with Crippen LogP contribution in [0.15, 0.2) is 72.9 Å². The van der Waals surface area contributed by atoms with Crippen LogP contribution in [0.2, 0.25) is 0 Å². The second-order valence-electron chi connectivity index (χ2n) is 11.4. The predicted molar refractivity (Wildman–Crippen MR) is 173 cm³/mol. The van der Waals surface area contributed by atoms with Gasteiger partial charge in [0.2, 0.25) is 11.8 Å². The summed E-state index contributed by atoms with van der Waals surface area (Å²) in [7, 11) is 3.93. The number of fused-ring (bicyclic) bond motifs is 1. The highest BCUT2D eigenvalue weighted by atomic mass is 19.1. The number of halogens is 1. The van der Waals surface area contributed by atoms with Gasteiger partial charge in [0.1, 0.15) is 24.2 Å². The van der Waals surface area contributed by atoms with E-state index >= 15 is 0 Å². The molecule has 0 bridgehead atoms. The highest BCUT2D eigenvalue weighted by molar-refractivity contribution is 6.01. The van der Waals surface area contributed by atoms with Gasteiger partial charge in [0.25, 0.3) is 0 Å².